The van der Waals surface area contributed by atoms with Crippen LogP contribution in [-0.4, -0.2) is 35.8 Å². The lowest BCUT2D eigenvalue weighted by Gasteiger charge is -2.15. The maximum absolute atomic E-state index is 12.6. The van der Waals surface area contributed by atoms with E-state index in [2.05, 4.69) is 20.4 Å². The van der Waals surface area contributed by atoms with Crippen molar-refractivity contribution in [3.63, 3.8) is 0 Å². The van der Waals surface area contributed by atoms with E-state index in [0.717, 1.165) is 30.2 Å². The van der Waals surface area contributed by atoms with Crippen molar-refractivity contribution < 1.29 is 9.53 Å². The van der Waals surface area contributed by atoms with Crippen LogP contribution in [0, 0.1) is 0 Å². The molecule has 4 rings (SSSR count). The number of anilines is 2. The van der Waals surface area contributed by atoms with Crippen LogP contribution < -0.4 is 15.0 Å². The minimum atomic E-state index is -0.198. The van der Waals surface area contributed by atoms with E-state index >= 15 is 0 Å². The standard InChI is InChI=1S/C23H24N4O2/c1-2-29-21-8-4-3-7-19(21)23(28)24-18-11-9-17(10-12-18)20-13-14-22(26-25-20)27-15-5-6-16-27/h3-4,7-14H,2,5-6,15-16H2,1H3,(H,24,28). The number of benzene rings is 2. The van der Waals surface area contributed by atoms with Crippen LogP contribution in [0.5, 0.6) is 5.75 Å². The molecule has 0 saturated carbocycles. The van der Waals surface area contributed by atoms with Gasteiger partial charge in [0.1, 0.15) is 5.75 Å². The molecule has 0 bridgehead atoms. The number of amides is 1. The number of aromatic nitrogens is 2. The first-order valence-electron chi connectivity index (χ1n) is 9.97. The second kappa shape index (κ2) is 8.73. The minimum absolute atomic E-state index is 0.198. The molecule has 148 valence electrons. The van der Waals surface area contributed by atoms with Crippen molar-refractivity contribution >= 4 is 17.4 Å². The maximum atomic E-state index is 12.6. The lowest BCUT2D eigenvalue weighted by molar-refractivity contribution is 0.102. The van der Waals surface area contributed by atoms with Crippen LogP contribution in [0.3, 0.4) is 0 Å². The number of nitrogens with one attached hydrogen (secondary N) is 1. The number of carbonyl (C=O) groups excluding carboxylic acids is 1. The van der Waals surface area contributed by atoms with Crippen molar-refractivity contribution in [2.24, 2.45) is 0 Å². The Labute approximate surface area is 170 Å². The second-order valence-corrected chi connectivity index (χ2v) is 6.93. The number of rotatable bonds is 6. The predicted molar refractivity (Wildman–Crippen MR) is 114 cm³/mol. The Hall–Kier alpha value is -3.41. The third kappa shape index (κ3) is 4.37. The van der Waals surface area contributed by atoms with Gasteiger partial charge in [-0.15, -0.1) is 10.2 Å². The number of hydrogen-bond acceptors (Lipinski definition) is 5. The average molecular weight is 388 g/mol. The summed E-state index contributed by atoms with van der Waals surface area (Å²) in [6.45, 7) is 4.51. The normalized spacial score (nSPS) is 13.3. The number of para-hydroxylation sites is 1. The Balaban J connectivity index is 1.45. The van der Waals surface area contributed by atoms with Gasteiger partial charge in [-0.2, -0.15) is 0 Å². The van der Waals surface area contributed by atoms with Crippen LogP contribution in [0.4, 0.5) is 11.5 Å². The molecule has 0 unspecified atom stereocenters. The van der Waals surface area contributed by atoms with Gasteiger partial charge in [0.25, 0.3) is 5.91 Å². The molecule has 1 fully saturated rings. The fourth-order valence-corrected chi connectivity index (χ4v) is 3.45. The highest BCUT2D eigenvalue weighted by molar-refractivity contribution is 6.06. The van der Waals surface area contributed by atoms with E-state index < -0.39 is 0 Å². The first kappa shape index (κ1) is 18.9. The zero-order valence-corrected chi connectivity index (χ0v) is 16.5. The smallest absolute Gasteiger partial charge is 0.259 e. The summed E-state index contributed by atoms with van der Waals surface area (Å²) >= 11 is 0. The van der Waals surface area contributed by atoms with Crippen molar-refractivity contribution in [2.45, 2.75) is 19.8 Å². The third-order valence-electron chi connectivity index (χ3n) is 4.95. The molecule has 6 nitrogen and oxygen atoms in total. The van der Waals surface area contributed by atoms with Gasteiger partial charge in [0.15, 0.2) is 5.82 Å². The molecule has 3 aromatic rings. The second-order valence-electron chi connectivity index (χ2n) is 6.93. The van der Waals surface area contributed by atoms with Crippen LogP contribution in [0.1, 0.15) is 30.1 Å². The molecule has 0 atom stereocenters. The monoisotopic (exact) mass is 388 g/mol. The van der Waals surface area contributed by atoms with E-state index in [4.69, 9.17) is 4.74 Å². The summed E-state index contributed by atoms with van der Waals surface area (Å²) in [6, 6.07) is 18.8. The van der Waals surface area contributed by atoms with Crippen molar-refractivity contribution in [2.75, 3.05) is 29.9 Å². The summed E-state index contributed by atoms with van der Waals surface area (Å²) in [5.41, 5.74) is 3.00. The van der Waals surface area contributed by atoms with Gasteiger partial charge in [-0.3, -0.25) is 4.79 Å². The van der Waals surface area contributed by atoms with E-state index in [-0.39, 0.29) is 5.91 Å². The summed E-state index contributed by atoms with van der Waals surface area (Å²) < 4.78 is 5.54. The van der Waals surface area contributed by atoms with Gasteiger partial charge in [-0.25, -0.2) is 0 Å². The van der Waals surface area contributed by atoms with Crippen molar-refractivity contribution in [3.05, 3.63) is 66.2 Å². The van der Waals surface area contributed by atoms with Gasteiger partial charge >= 0.3 is 0 Å². The number of nitrogens with zero attached hydrogens (tertiary/aromatic N) is 3. The van der Waals surface area contributed by atoms with E-state index in [1.54, 1.807) is 12.1 Å². The van der Waals surface area contributed by atoms with Crippen molar-refractivity contribution in [3.8, 4) is 17.0 Å². The van der Waals surface area contributed by atoms with Crippen LogP contribution in [0.15, 0.2) is 60.7 Å². The SMILES string of the molecule is CCOc1ccccc1C(=O)Nc1ccc(-c2ccc(N3CCCC3)nn2)cc1. The van der Waals surface area contributed by atoms with Gasteiger partial charge in [0.05, 0.1) is 17.9 Å². The Bertz CT molecular complexity index is 965. The van der Waals surface area contributed by atoms with Crippen molar-refractivity contribution in [1.82, 2.24) is 10.2 Å². The van der Waals surface area contributed by atoms with Crippen LogP contribution >= 0.6 is 0 Å². The lowest BCUT2D eigenvalue weighted by Crippen LogP contribution is -2.19. The average Bonchev–Trinajstić information content (AvgIpc) is 3.30. The Morgan fingerprint density at radius 2 is 1.76 bits per heavy atom. The minimum Gasteiger partial charge on any atom is -0.493 e. The van der Waals surface area contributed by atoms with Gasteiger partial charge in [-0.05, 0) is 56.2 Å². The number of hydrogen-bond donors (Lipinski definition) is 1. The molecule has 1 saturated heterocycles. The first-order chi connectivity index (χ1) is 14.2. The van der Waals surface area contributed by atoms with Crippen LogP contribution in [-0.2, 0) is 0 Å². The van der Waals surface area contributed by atoms with Gasteiger partial charge in [0.2, 0.25) is 0 Å². The highest BCUT2D eigenvalue weighted by atomic mass is 16.5. The molecule has 1 aromatic heterocycles. The topological polar surface area (TPSA) is 67.3 Å². The van der Waals surface area contributed by atoms with Gasteiger partial charge in [0, 0.05) is 24.3 Å². The Morgan fingerprint density at radius 3 is 2.45 bits per heavy atom. The summed E-state index contributed by atoms with van der Waals surface area (Å²) in [4.78, 5) is 14.9. The fraction of sp³-hybridized carbons (Fsp3) is 0.261. The fourth-order valence-electron chi connectivity index (χ4n) is 3.45. The van der Waals surface area contributed by atoms with Gasteiger partial charge < -0.3 is 15.0 Å². The summed E-state index contributed by atoms with van der Waals surface area (Å²) in [6.07, 6.45) is 2.43. The molecule has 0 radical (unpaired) electrons. The molecule has 0 spiro atoms. The molecule has 1 amide bonds. The first-order valence-corrected chi connectivity index (χ1v) is 9.97. The van der Waals surface area contributed by atoms with Crippen molar-refractivity contribution in [1.29, 1.82) is 0 Å². The number of ether oxygens (including phenoxy) is 1. The summed E-state index contributed by atoms with van der Waals surface area (Å²) in [5, 5.41) is 11.7. The van der Waals surface area contributed by atoms with Crippen LogP contribution in [0.2, 0.25) is 0 Å². The molecular weight excluding hydrogens is 364 g/mol. The third-order valence-corrected chi connectivity index (χ3v) is 4.95. The highest BCUT2D eigenvalue weighted by Crippen LogP contribution is 2.24. The maximum Gasteiger partial charge on any atom is 0.259 e. The lowest BCUT2D eigenvalue weighted by atomic mass is 10.1. The zero-order chi connectivity index (χ0) is 20.1. The van der Waals surface area contributed by atoms with E-state index in [0.29, 0.717) is 23.6 Å². The largest absolute Gasteiger partial charge is 0.493 e. The molecule has 29 heavy (non-hydrogen) atoms. The number of carbonyl (C=O) groups is 1. The molecule has 2 aromatic carbocycles. The predicted octanol–water partition coefficient (Wildman–Crippen LogP) is 4.39. The molecule has 6 heteroatoms. The molecule has 0 aliphatic carbocycles. The Kier molecular flexibility index (Phi) is 5.70. The molecule has 1 aliphatic heterocycles. The highest BCUT2D eigenvalue weighted by Gasteiger charge is 2.14. The quantitative estimate of drug-likeness (QED) is 0.678. The summed E-state index contributed by atoms with van der Waals surface area (Å²) in [5.74, 6) is 1.32. The van der Waals surface area contributed by atoms with E-state index in [9.17, 15) is 4.79 Å². The summed E-state index contributed by atoms with van der Waals surface area (Å²) in [7, 11) is 0. The molecule has 1 N–H and O–H groups in total. The molecule has 2 heterocycles. The van der Waals surface area contributed by atoms with Crippen LogP contribution in [0.25, 0.3) is 11.3 Å². The van der Waals surface area contributed by atoms with E-state index in [1.807, 2.05) is 55.5 Å². The van der Waals surface area contributed by atoms with Gasteiger partial charge in [-0.1, -0.05) is 24.3 Å². The zero-order valence-electron chi connectivity index (χ0n) is 16.5. The Morgan fingerprint density at radius 1 is 1.00 bits per heavy atom. The van der Waals surface area contributed by atoms with E-state index in [1.165, 1.54) is 12.8 Å². The molecular formula is C23H24N4O2. The molecule has 1 aliphatic rings.